The number of nitrogens with zero attached hydrogens (tertiary/aromatic N) is 1. The molecule has 206 valence electrons. The maximum absolute atomic E-state index is 13.4. The Balaban J connectivity index is 1.39. The molecule has 0 fully saturated rings. The molecule has 7 nitrogen and oxygen atoms in total. The number of aryl methyl sites for hydroxylation is 1. The van der Waals surface area contributed by atoms with Gasteiger partial charge in [0.1, 0.15) is 5.00 Å². The molecule has 1 aliphatic carbocycles. The Morgan fingerprint density at radius 2 is 1.85 bits per heavy atom. The second kappa shape index (κ2) is 11.6. The fourth-order valence-electron chi connectivity index (χ4n) is 4.97. The van der Waals surface area contributed by atoms with E-state index in [1.54, 1.807) is 13.0 Å². The van der Waals surface area contributed by atoms with Gasteiger partial charge in [-0.1, -0.05) is 55.0 Å². The minimum atomic E-state index is -1.10. The molecular formula is C32H32N2O5S. The van der Waals surface area contributed by atoms with Crippen LogP contribution in [0, 0.1) is 12.8 Å². The summed E-state index contributed by atoms with van der Waals surface area (Å²) >= 11 is 1.40. The number of rotatable bonds is 7. The summed E-state index contributed by atoms with van der Waals surface area (Å²) in [7, 11) is 0. The number of nitrogens with one attached hydrogen (secondary N) is 1. The highest BCUT2D eigenvalue weighted by Crippen LogP contribution is 2.40. The van der Waals surface area contributed by atoms with Gasteiger partial charge in [0.2, 0.25) is 0 Å². The second-order valence-electron chi connectivity index (χ2n) is 10.3. The molecule has 4 aromatic rings. The second-order valence-corrected chi connectivity index (χ2v) is 11.4. The molecule has 1 amide bonds. The van der Waals surface area contributed by atoms with Crippen LogP contribution in [0.5, 0.6) is 0 Å². The van der Waals surface area contributed by atoms with E-state index in [0.29, 0.717) is 38.6 Å². The molecule has 0 saturated heterocycles. The van der Waals surface area contributed by atoms with E-state index in [1.807, 2.05) is 55.5 Å². The number of benzene rings is 2. The molecule has 0 unspecified atom stereocenters. The van der Waals surface area contributed by atoms with Crippen LogP contribution in [0.1, 0.15) is 63.9 Å². The predicted molar refractivity (Wildman–Crippen MR) is 157 cm³/mol. The molecule has 0 spiro atoms. The number of amides is 1. The third-order valence-electron chi connectivity index (χ3n) is 7.16. The maximum Gasteiger partial charge on any atom is 0.341 e. The van der Waals surface area contributed by atoms with Crippen molar-refractivity contribution in [2.75, 3.05) is 11.9 Å². The number of carbonyl (C=O) groups is 3. The SMILES string of the molecule is CCOC(=O)c1c(NC(=O)[C@@H](C)OC(=O)c2cc(-c3ccc(C)cc3)nc3ccccc23)sc2c1CC[C@@H](C)C2. The Morgan fingerprint density at radius 3 is 2.60 bits per heavy atom. The molecular weight excluding hydrogens is 524 g/mol. The maximum atomic E-state index is 13.4. The summed E-state index contributed by atoms with van der Waals surface area (Å²) in [5.74, 6) is -1.08. The Bertz CT molecular complexity index is 1590. The van der Waals surface area contributed by atoms with Crippen molar-refractivity contribution < 1.29 is 23.9 Å². The van der Waals surface area contributed by atoms with Gasteiger partial charge in [-0.15, -0.1) is 11.3 Å². The van der Waals surface area contributed by atoms with E-state index >= 15 is 0 Å². The molecule has 2 heterocycles. The first-order valence-corrected chi connectivity index (χ1v) is 14.4. The monoisotopic (exact) mass is 556 g/mol. The molecule has 0 saturated carbocycles. The smallest absolute Gasteiger partial charge is 0.341 e. The Kier molecular flexibility index (Phi) is 7.98. The highest BCUT2D eigenvalue weighted by molar-refractivity contribution is 7.17. The molecule has 2 aromatic heterocycles. The number of thiophene rings is 1. The molecule has 0 radical (unpaired) electrons. The molecule has 0 aliphatic heterocycles. The number of hydrogen-bond acceptors (Lipinski definition) is 7. The Labute approximate surface area is 237 Å². The summed E-state index contributed by atoms with van der Waals surface area (Å²) < 4.78 is 11.0. The molecule has 1 N–H and O–H groups in total. The summed E-state index contributed by atoms with van der Waals surface area (Å²) in [6.45, 7) is 7.71. The van der Waals surface area contributed by atoms with Gasteiger partial charge in [0.05, 0.1) is 28.9 Å². The number of para-hydroxylation sites is 1. The van der Waals surface area contributed by atoms with Gasteiger partial charge >= 0.3 is 11.9 Å². The molecule has 0 bridgehead atoms. The van der Waals surface area contributed by atoms with Crippen LogP contribution >= 0.6 is 11.3 Å². The van der Waals surface area contributed by atoms with Crippen molar-refractivity contribution in [2.24, 2.45) is 5.92 Å². The molecule has 1 aliphatic rings. The van der Waals surface area contributed by atoms with Crippen molar-refractivity contribution in [3.8, 4) is 11.3 Å². The lowest BCUT2D eigenvalue weighted by molar-refractivity contribution is -0.123. The van der Waals surface area contributed by atoms with Gasteiger partial charge in [0.25, 0.3) is 5.91 Å². The summed E-state index contributed by atoms with van der Waals surface area (Å²) in [5.41, 5.74) is 4.99. The Morgan fingerprint density at radius 1 is 1.10 bits per heavy atom. The van der Waals surface area contributed by atoms with Gasteiger partial charge in [0.15, 0.2) is 6.10 Å². The van der Waals surface area contributed by atoms with Crippen LogP contribution in [0.25, 0.3) is 22.2 Å². The number of pyridine rings is 1. The molecule has 2 aromatic carbocycles. The fraction of sp³-hybridized carbons (Fsp3) is 0.312. The lowest BCUT2D eigenvalue weighted by Crippen LogP contribution is -2.30. The number of aromatic nitrogens is 1. The zero-order chi connectivity index (χ0) is 28.4. The lowest BCUT2D eigenvalue weighted by atomic mass is 9.88. The van der Waals surface area contributed by atoms with Gasteiger partial charge in [0, 0.05) is 15.8 Å². The van der Waals surface area contributed by atoms with Crippen molar-refractivity contribution in [3.05, 3.63) is 81.7 Å². The summed E-state index contributed by atoms with van der Waals surface area (Å²) in [6.07, 6.45) is 1.49. The van der Waals surface area contributed by atoms with Crippen molar-refractivity contribution in [1.82, 2.24) is 4.98 Å². The van der Waals surface area contributed by atoms with Gasteiger partial charge in [-0.3, -0.25) is 4.79 Å². The van der Waals surface area contributed by atoms with E-state index in [2.05, 4.69) is 12.2 Å². The van der Waals surface area contributed by atoms with E-state index in [0.717, 1.165) is 40.8 Å². The topological polar surface area (TPSA) is 94.6 Å². The number of anilines is 1. The standard InChI is InChI=1S/C32H32N2O5S/c1-5-38-32(37)28-23-15-12-19(3)16-27(23)40-30(28)34-29(35)20(4)39-31(36)24-17-26(21-13-10-18(2)11-14-21)33-25-9-7-6-8-22(24)25/h6-11,13-14,17,19-20H,5,12,15-16H2,1-4H3,(H,34,35)/t19-,20-/m1/s1. The fourth-order valence-corrected chi connectivity index (χ4v) is 6.37. The number of ether oxygens (including phenoxy) is 2. The third-order valence-corrected chi connectivity index (χ3v) is 8.33. The van der Waals surface area contributed by atoms with Crippen LogP contribution in [0.15, 0.2) is 54.6 Å². The molecule has 8 heteroatoms. The average molecular weight is 557 g/mol. The van der Waals surface area contributed by atoms with Crippen LogP contribution < -0.4 is 5.32 Å². The van der Waals surface area contributed by atoms with Gasteiger partial charge in [-0.25, -0.2) is 14.6 Å². The van der Waals surface area contributed by atoms with Crippen LogP contribution in [0.2, 0.25) is 0 Å². The van der Waals surface area contributed by atoms with E-state index in [-0.39, 0.29) is 6.61 Å². The van der Waals surface area contributed by atoms with E-state index in [9.17, 15) is 14.4 Å². The van der Waals surface area contributed by atoms with Crippen molar-refractivity contribution >= 4 is 45.1 Å². The first-order valence-electron chi connectivity index (χ1n) is 13.6. The quantitative estimate of drug-likeness (QED) is 0.253. The number of hydrogen-bond donors (Lipinski definition) is 1. The zero-order valence-corrected chi connectivity index (χ0v) is 23.9. The summed E-state index contributed by atoms with van der Waals surface area (Å²) in [5, 5.41) is 3.93. The number of fused-ring (bicyclic) bond motifs is 2. The van der Waals surface area contributed by atoms with Crippen LogP contribution in [-0.4, -0.2) is 35.5 Å². The third kappa shape index (κ3) is 5.63. The first-order chi connectivity index (χ1) is 19.2. The van der Waals surface area contributed by atoms with Gasteiger partial charge < -0.3 is 14.8 Å². The number of carbonyl (C=O) groups excluding carboxylic acids is 3. The highest BCUT2D eigenvalue weighted by Gasteiger charge is 2.30. The van der Waals surface area contributed by atoms with E-state index in [1.165, 1.54) is 18.3 Å². The lowest BCUT2D eigenvalue weighted by Gasteiger charge is -2.18. The van der Waals surface area contributed by atoms with Crippen LogP contribution in [-0.2, 0) is 27.1 Å². The van der Waals surface area contributed by atoms with Gasteiger partial charge in [-0.2, -0.15) is 0 Å². The van der Waals surface area contributed by atoms with Crippen molar-refractivity contribution in [2.45, 2.75) is 53.1 Å². The van der Waals surface area contributed by atoms with Crippen LogP contribution in [0.3, 0.4) is 0 Å². The Hall–Kier alpha value is -4.04. The zero-order valence-electron chi connectivity index (χ0n) is 23.1. The van der Waals surface area contributed by atoms with Crippen molar-refractivity contribution in [3.63, 3.8) is 0 Å². The summed E-state index contributed by atoms with van der Waals surface area (Å²) in [6, 6.07) is 16.9. The number of esters is 2. The molecule has 5 rings (SSSR count). The minimum Gasteiger partial charge on any atom is -0.462 e. The highest BCUT2D eigenvalue weighted by atomic mass is 32.1. The normalized spacial score (nSPS) is 15.2. The van der Waals surface area contributed by atoms with Crippen molar-refractivity contribution in [1.29, 1.82) is 0 Å². The minimum absolute atomic E-state index is 0.242. The molecule has 40 heavy (non-hydrogen) atoms. The van der Waals surface area contributed by atoms with E-state index < -0.39 is 23.9 Å². The van der Waals surface area contributed by atoms with E-state index in [4.69, 9.17) is 14.5 Å². The summed E-state index contributed by atoms with van der Waals surface area (Å²) in [4.78, 5) is 45.3. The van der Waals surface area contributed by atoms with Gasteiger partial charge in [-0.05, 0) is 63.6 Å². The average Bonchev–Trinajstić information content (AvgIpc) is 3.29. The first kappa shape index (κ1) is 27.5. The van der Waals surface area contributed by atoms with Crippen LogP contribution in [0.4, 0.5) is 5.00 Å². The molecule has 2 atom stereocenters. The largest absolute Gasteiger partial charge is 0.462 e. The predicted octanol–water partition coefficient (Wildman–Crippen LogP) is 6.76.